The molecule has 1 aromatic heterocycles. The van der Waals surface area contributed by atoms with Crippen molar-refractivity contribution in [2.24, 2.45) is 11.7 Å². The minimum Gasteiger partial charge on any atom is -0.324 e. The van der Waals surface area contributed by atoms with Gasteiger partial charge in [0.1, 0.15) is 0 Å². The molecule has 2 N–H and O–H groups in total. The average molecular weight is 258 g/mol. The van der Waals surface area contributed by atoms with Crippen molar-refractivity contribution in [3.63, 3.8) is 0 Å². The third kappa shape index (κ3) is 2.20. The Morgan fingerprint density at radius 3 is 3.00 bits per heavy atom. The lowest BCUT2D eigenvalue weighted by molar-refractivity contribution is 0.376. The zero-order chi connectivity index (χ0) is 12.5. The maximum absolute atomic E-state index is 6.42. The Hall–Kier alpha value is -1.19. The zero-order valence-corrected chi connectivity index (χ0v) is 11.4. The van der Waals surface area contributed by atoms with Crippen LogP contribution in [0.25, 0.3) is 0 Å². The Morgan fingerprint density at radius 2 is 2.22 bits per heavy atom. The van der Waals surface area contributed by atoms with Gasteiger partial charge < -0.3 is 5.73 Å². The number of nitrogens with zero attached hydrogens (tertiary/aromatic N) is 1. The Balaban J connectivity index is 1.80. The Kier molecular flexibility index (Phi) is 3.18. The highest BCUT2D eigenvalue weighted by molar-refractivity contribution is 7.09. The number of rotatable bonds is 2. The van der Waals surface area contributed by atoms with Gasteiger partial charge in [-0.3, -0.25) is 0 Å². The van der Waals surface area contributed by atoms with Gasteiger partial charge in [0.25, 0.3) is 0 Å². The van der Waals surface area contributed by atoms with E-state index in [9.17, 15) is 0 Å². The van der Waals surface area contributed by atoms with Crippen LogP contribution >= 0.6 is 11.3 Å². The van der Waals surface area contributed by atoms with E-state index in [1.807, 2.05) is 0 Å². The molecule has 0 aliphatic heterocycles. The normalized spacial score (nSPS) is 22.8. The fraction of sp³-hybridized carbons (Fsp3) is 0.400. The average Bonchev–Trinajstić information content (AvgIpc) is 2.79. The molecule has 0 fully saturated rings. The van der Waals surface area contributed by atoms with E-state index in [0.717, 1.165) is 18.5 Å². The second-order valence-electron chi connectivity index (χ2n) is 5.11. The number of aromatic nitrogens is 1. The lowest BCUT2D eigenvalue weighted by atomic mass is 9.79. The largest absolute Gasteiger partial charge is 0.324 e. The third-order valence-electron chi connectivity index (χ3n) is 3.81. The first-order chi connectivity index (χ1) is 8.74. The van der Waals surface area contributed by atoms with Gasteiger partial charge in [-0.15, -0.1) is 11.3 Å². The van der Waals surface area contributed by atoms with Crippen molar-refractivity contribution in [3.05, 3.63) is 51.5 Å². The quantitative estimate of drug-likeness (QED) is 0.898. The van der Waals surface area contributed by atoms with Crippen LogP contribution in [-0.2, 0) is 12.8 Å². The van der Waals surface area contributed by atoms with E-state index in [4.69, 9.17) is 5.73 Å². The maximum Gasteiger partial charge on any atom is 0.0931 e. The smallest absolute Gasteiger partial charge is 0.0931 e. The second-order valence-corrected chi connectivity index (χ2v) is 6.05. The highest BCUT2D eigenvalue weighted by Gasteiger charge is 2.27. The van der Waals surface area contributed by atoms with Gasteiger partial charge in [0, 0.05) is 23.5 Å². The molecule has 1 heterocycles. The van der Waals surface area contributed by atoms with Gasteiger partial charge in [-0.05, 0) is 36.8 Å². The lowest BCUT2D eigenvalue weighted by Gasteiger charge is -2.30. The van der Waals surface area contributed by atoms with Crippen LogP contribution in [-0.4, -0.2) is 4.98 Å². The maximum atomic E-state index is 6.42. The summed E-state index contributed by atoms with van der Waals surface area (Å²) in [4.78, 5) is 4.56. The van der Waals surface area contributed by atoms with Crippen LogP contribution in [0.3, 0.4) is 0 Å². The van der Waals surface area contributed by atoms with Gasteiger partial charge in [-0.25, -0.2) is 4.98 Å². The molecule has 2 aromatic rings. The molecule has 18 heavy (non-hydrogen) atoms. The molecule has 2 atom stereocenters. The topological polar surface area (TPSA) is 38.9 Å². The summed E-state index contributed by atoms with van der Waals surface area (Å²) in [5.74, 6) is 0.533. The minimum atomic E-state index is 0.166. The van der Waals surface area contributed by atoms with E-state index < -0.39 is 0 Å². The number of hydrogen-bond donors (Lipinski definition) is 1. The van der Waals surface area contributed by atoms with E-state index >= 15 is 0 Å². The fourth-order valence-electron chi connectivity index (χ4n) is 2.81. The lowest BCUT2D eigenvalue weighted by Crippen LogP contribution is -2.28. The molecule has 0 saturated carbocycles. The van der Waals surface area contributed by atoms with E-state index in [0.29, 0.717) is 5.92 Å². The first-order valence-corrected chi connectivity index (χ1v) is 7.36. The van der Waals surface area contributed by atoms with Crippen molar-refractivity contribution in [3.8, 4) is 0 Å². The molecule has 2 nitrogen and oxygen atoms in total. The SMILES string of the molecule is Cc1csc(CC2CCc3ccccc3C2N)n1. The first-order valence-electron chi connectivity index (χ1n) is 6.48. The Morgan fingerprint density at radius 1 is 1.39 bits per heavy atom. The summed E-state index contributed by atoms with van der Waals surface area (Å²) < 4.78 is 0. The second kappa shape index (κ2) is 4.82. The molecule has 1 aromatic carbocycles. The summed E-state index contributed by atoms with van der Waals surface area (Å²) in [5.41, 5.74) is 10.3. The molecule has 1 aliphatic carbocycles. The molecule has 0 amide bonds. The van der Waals surface area contributed by atoms with E-state index in [1.54, 1.807) is 11.3 Å². The summed E-state index contributed by atoms with van der Waals surface area (Å²) >= 11 is 1.76. The number of benzene rings is 1. The molecule has 3 rings (SSSR count). The molecule has 0 bridgehead atoms. The summed E-state index contributed by atoms with van der Waals surface area (Å²) in [6, 6.07) is 8.75. The number of aryl methyl sites for hydroxylation is 2. The number of hydrogen-bond acceptors (Lipinski definition) is 3. The molecule has 0 radical (unpaired) electrons. The predicted octanol–water partition coefficient (Wildman–Crippen LogP) is 3.26. The summed E-state index contributed by atoms with van der Waals surface area (Å²) in [7, 11) is 0. The Labute approximate surface area is 112 Å². The molecular formula is C15H18N2S. The van der Waals surface area contributed by atoms with Crippen molar-refractivity contribution in [1.82, 2.24) is 4.98 Å². The summed E-state index contributed by atoms with van der Waals surface area (Å²) in [5, 5.41) is 3.35. The van der Waals surface area contributed by atoms with Crippen molar-refractivity contribution in [2.75, 3.05) is 0 Å². The standard InChI is InChI=1S/C15H18N2S/c1-10-9-18-14(17-10)8-12-7-6-11-4-2-3-5-13(11)15(12)16/h2-5,9,12,15H,6-8,16H2,1H3. The highest BCUT2D eigenvalue weighted by Crippen LogP contribution is 2.34. The monoisotopic (exact) mass is 258 g/mol. The Bertz CT molecular complexity index is 547. The predicted molar refractivity (Wildman–Crippen MR) is 75.7 cm³/mol. The van der Waals surface area contributed by atoms with Crippen LogP contribution in [0.1, 0.15) is 34.3 Å². The number of thiazole rings is 1. The molecule has 1 aliphatic rings. The third-order valence-corrected chi connectivity index (χ3v) is 4.80. The van der Waals surface area contributed by atoms with Crippen molar-refractivity contribution in [2.45, 2.75) is 32.2 Å². The molecule has 3 heteroatoms. The number of nitrogens with two attached hydrogens (primary N) is 1. The van der Waals surface area contributed by atoms with Crippen molar-refractivity contribution in [1.29, 1.82) is 0 Å². The highest BCUT2D eigenvalue weighted by atomic mass is 32.1. The van der Waals surface area contributed by atoms with Gasteiger partial charge in [0.15, 0.2) is 0 Å². The summed E-state index contributed by atoms with van der Waals surface area (Å²) in [6.07, 6.45) is 3.35. The fourth-order valence-corrected chi connectivity index (χ4v) is 3.68. The van der Waals surface area contributed by atoms with Crippen LogP contribution in [0.4, 0.5) is 0 Å². The van der Waals surface area contributed by atoms with Gasteiger partial charge in [0.2, 0.25) is 0 Å². The molecule has 94 valence electrons. The van der Waals surface area contributed by atoms with Crippen LogP contribution < -0.4 is 5.73 Å². The van der Waals surface area contributed by atoms with E-state index in [-0.39, 0.29) is 6.04 Å². The van der Waals surface area contributed by atoms with Crippen LogP contribution in [0.5, 0.6) is 0 Å². The van der Waals surface area contributed by atoms with Crippen LogP contribution in [0.15, 0.2) is 29.6 Å². The zero-order valence-electron chi connectivity index (χ0n) is 10.6. The molecule has 2 unspecified atom stereocenters. The van der Waals surface area contributed by atoms with Gasteiger partial charge in [0.05, 0.1) is 5.01 Å². The van der Waals surface area contributed by atoms with Crippen molar-refractivity contribution < 1.29 is 0 Å². The van der Waals surface area contributed by atoms with Gasteiger partial charge in [-0.2, -0.15) is 0 Å². The van der Waals surface area contributed by atoms with Gasteiger partial charge in [-0.1, -0.05) is 24.3 Å². The van der Waals surface area contributed by atoms with Crippen molar-refractivity contribution >= 4 is 11.3 Å². The number of fused-ring (bicyclic) bond motifs is 1. The first kappa shape index (κ1) is 11.9. The summed E-state index contributed by atoms with van der Waals surface area (Å²) in [6.45, 7) is 2.05. The van der Waals surface area contributed by atoms with E-state index in [1.165, 1.54) is 22.6 Å². The van der Waals surface area contributed by atoms with Gasteiger partial charge >= 0.3 is 0 Å². The minimum absolute atomic E-state index is 0.166. The van der Waals surface area contributed by atoms with Crippen LogP contribution in [0, 0.1) is 12.8 Å². The molecule has 0 spiro atoms. The molecular weight excluding hydrogens is 240 g/mol. The van der Waals surface area contributed by atoms with Crippen LogP contribution in [0.2, 0.25) is 0 Å². The van der Waals surface area contributed by atoms with E-state index in [2.05, 4.69) is 41.6 Å². The molecule has 0 saturated heterocycles.